The summed E-state index contributed by atoms with van der Waals surface area (Å²) in [5.41, 5.74) is 0.111. The lowest BCUT2D eigenvalue weighted by Gasteiger charge is -2.37. The number of ketones is 1. The monoisotopic (exact) mass is 340 g/mol. The lowest BCUT2D eigenvalue weighted by Crippen LogP contribution is -2.48. The van der Waals surface area contributed by atoms with Crippen LogP contribution in [0, 0.1) is 17.8 Å². The Bertz CT molecular complexity index is 508. The van der Waals surface area contributed by atoms with Crippen molar-refractivity contribution < 1.29 is 29.0 Å². The van der Waals surface area contributed by atoms with Crippen LogP contribution in [-0.2, 0) is 23.9 Å². The number of rotatable bonds is 7. The lowest BCUT2D eigenvalue weighted by molar-refractivity contribution is -0.167. The topological polar surface area (TPSA) is 89.9 Å². The van der Waals surface area contributed by atoms with Crippen LogP contribution in [0.3, 0.4) is 0 Å². The van der Waals surface area contributed by atoms with Gasteiger partial charge in [-0.1, -0.05) is 34.1 Å². The normalized spacial score (nSPS) is 25.2. The summed E-state index contributed by atoms with van der Waals surface area (Å²) >= 11 is 0. The highest BCUT2D eigenvalue weighted by Crippen LogP contribution is 2.32. The van der Waals surface area contributed by atoms with E-state index in [1.54, 1.807) is 0 Å². The van der Waals surface area contributed by atoms with Gasteiger partial charge in [0.1, 0.15) is 6.10 Å². The summed E-state index contributed by atoms with van der Waals surface area (Å²) in [6, 6.07) is 0. The van der Waals surface area contributed by atoms with Crippen LogP contribution in [0.15, 0.2) is 11.6 Å². The van der Waals surface area contributed by atoms with E-state index in [-0.39, 0.29) is 23.8 Å². The van der Waals surface area contributed by atoms with E-state index in [0.717, 1.165) is 6.42 Å². The molecule has 24 heavy (non-hydrogen) atoms. The van der Waals surface area contributed by atoms with E-state index in [4.69, 9.17) is 9.47 Å². The smallest absolute Gasteiger partial charge is 0.306 e. The largest absolute Gasteiger partial charge is 0.458 e. The van der Waals surface area contributed by atoms with Crippen LogP contribution >= 0.6 is 0 Å². The third-order valence-electron chi connectivity index (χ3n) is 4.38. The van der Waals surface area contributed by atoms with Crippen molar-refractivity contribution in [1.82, 2.24) is 0 Å². The van der Waals surface area contributed by atoms with E-state index < -0.39 is 42.5 Å². The van der Waals surface area contributed by atoms with Gasteiger partial charge in [0.05, 0.1) is 6.61 Å². The second kappa shape index (κ2) is 8.97. The third kappa shape index (κ3) is 5.16. The zero-order chi connectivity index (χ0) is 18.4. The first-order valence-corrected chi connectivity index (χ1v) is 8.43. The van der Waals surface area contributed by atoms with Crippen molar-refractivity contribution in [3.8, 4) is 0 Å². The molecule has 0 bridgehead atoms. The van der Waals surface area contributed by atoms with Crippen molar-refractivity contribution in [1.29, 1.82) is 0 Å². The number of hydrogen-bond donors (Lipinski definition) is 1. The Morgan fingerprint density at radius 3 is 2.33 bits per heavy atom. The standard InChI is InChI=1S/C18H28O6/c1-6-11(4)7-15(21)24-18-16(10(2)3)14(23-12(5)20)8-13(9-19)17(18)22/h8,10-11,14,16,18-19H,6-7,9H2,1-5H3/t11-,14-,16-,18-/m0/s1. The number of Topliss-reactive ketones (excluding diaryl/α,β-unsaturated/α-hetero) is 1. The van der Waals surface area contributed by atoms with Crippen LogP contribution in [0.1, 0.15) is 47.5 Å². The Kier molecular flexibility index (Phi) is 7.60. The van der Waals surface area contributed by atoms with Gasteiger partial charge in [-0.25, -0.2) is 0 Å². The van der Waals surface area contributed by atoms with E-state index in [1.165, 1.54) is 13.0 Å². The first-order valence-electron chi connectivity index (χ1n) is 8.43. The average molecular weight is 340 g/mol. The second-order valence-corrected chi connectivity index (χ2v) is 6.74. The van der Waals surface area contributed by atoms with Gasteiger partial charge in [0.25, 0.3) is 0 Å². The van der Waals surface area contributed by atoms with Gasteiger partial charge in [-0.3, -0.25) is 14.4 Å². The van der Waals surface area contributed by atoms with Gasteiger partial charge in [-0.05, 0) is 17.9 Å². The summed E-state index contributed by atoms with van der Waals surface area (Å²) in [5, 5.41) is 9.40. The highest BCUT2D eigenvalue weighted by Gasteiger charge is 2.44. The molecule has 6 nitrogen and oxygen atoms in total. The Morgan fingerprint density at radius 2 is 1.88 bits per heavy atom. The molecular formula is C18H28O6. The molecule has 0 radical (unpaired) electrons. The maximum atomic E-state index is 12.5. The quantitative estimate of drug-likeness (QED) is 0.713. The number of esters is 2. The zero-order valence-electron chi connectivity index (χ0n) is 15.1. The van der Waals surface area contributed by atoms with Crippen LogP contribution in [-0.4, -0.2) is 41.6 Å². The summed E-state index contributed by atoms with van der Waals surface area (Å²) in [6.07, 6.45) is 0.774. The lowest BCUT2D eigenvalue weighted by atomic mass is 9.77. The molecule has 0 aliphatic heterocycles. The van der Waals surface area contributed by atoms with Gasteiger partial charge in [0, 0.05) is 24.8 Å². The number of aliphatic hydroxyl groups excluding tert-OH is 1. The molecule has 0 unspecified atom stereocenters. The van der Waals surface area contributed by atoms with Crippen molar-refractivity contribution in [3.63, 3.8) is 0 Å². The highest BCUT2D eigenvalue weighted by molar-refractivity contribution is 6.01. The molecule has 0 fully saturated rings. The van der Waals surface area contributed by atoms with Crippen molar-refractivity contribution in [2.45, 2.75) is 59.7 Å². The summed E-state index contributed by atoms with van der Waals surface area (Å²) in [7, 11) is 0. The Balaban J connectivity index is 3.08. The molecule has 1 rings (SSSR count). The maximum absolute atomic E-state index is 12.5. The van der Waals surface area contributed by atoms with Crippen LogP contribution in [0.25, 0.3) is 0 Å². The fourth-order valence-electron chi connectivity index (χ4n) is 2.84. The molecular weight excluding hydrogens is 312 g/mol. The molecule has 0 spiro atoms. The third-order valence-corrected chi connectivity index (χ3v) is 4.38. The fraction of sp³-hybridized carbons (Fsp3) is 0.722. The second-order valence-electron chi connectivity index (χ2n) is 6.74. The summed E-state index contributed by atoms with van der Waals surface area (Å²) in [4.78, 5) is 36.1. The molecule has 0 saturated carbocycles. The molecule has 1 aliphatic rings. The van der Waals surface area contributed by atoms with Crippen molar-refractivity contribution in [2.24, 2.45) is 17.8 Å². The molecule has 1 aliphatic carbocycles. The highest BCUT2D eigenvalue weighted by atomic mass is 16.6. The van der Waals surface area contributed by atoms with Gasteiger partial charge >= 0.3 is 11.9 Å². The number of carbonyl (C=O) groups is 3. The van der Waals surface area contributed by atoms with E-state index in [2.05, 4.69) is 0 Å². The number of hydrogen-bond acceptors (Lipinski definition) is 6. The summed E-state index contributed by atoms with van der Waals surface area (Å²) < 4.78 is 10.8. The summed E-state index contributed by atoms with van der Waals surface area (Å²) in [5.74, 6) is -1.73. The zero-order valence-corrected chi connectivity index (χ0v) is 15.1. The number of carbonyl (C=O) groups excluding carboxylic acids is 3. The van der Waals surface area contributed by atoms with E-state index in [0.29, 0.717) is 0 Å². The molecule has 0 aromatic carbocycles. The van der Waals surface area contributed by atoms with Crippen LogP contribution in [0.4, 0.5) is 0 Å². The van der Waals surface area contributed by atoms with Crippen molar-refractivity contribution >= 4 is 17.7 Å². The fourth-order valence-corrected chi connectivity index (χ4v) is 2.84. The molecule has 0 saturated heterocycles. The van der Waals surface area contributed by atoms with E-state index in [1.807, 2.05) is 27.7 Å². The molecule has 0 heterocycles. The van der Waals surface area contributed by atoms with Gasteiger partial charge in [-0.2, -0.15) is 0 Å². The predicted molar refractivity (Wildman–Crippen MR) is 88.0 cm³/mol. The molecule has 0 amide bonds. The Morgan fingerprint density at radius 1 is 1.25 bits per heavy atom. The Labute approximate surface area is 143 Å². The van der Waals surface area contributed by atoms with Crippen LogP contribution in [0.5, 0.6) is 0 Å². The minimum atomic E-state index is -1.04. The first kappa shape index (κ1) is 20.4. The van der Waals surface area contributed by atoms with E-state index in [9.17, 15) is 19.5 Å². The predicted octanol–water partition coefficient (Wildman–Crippen LogP) is 2.04. The Hall–Kier alpha value is -1.69. The van der Waals surface area contributed by atoms with Crippen molar-refractivity contribution in [3.05, 3.63) is 11.6 Å². The van der Waals surface area contributed by atoms with Crippen molar-refractivity contribution in [2.75, 3.05) is 6.61 Å². The average Bonchev–Trinajstić information content (AvgIpc) is 2.48. The minimum Gasteiger partial charge on any atom is -0.458 e. The van der Waals surface area contributed by atoms with Crippen LogP contribution < -0.4 is 0 Å². The van der Waals surface area contributed by atoms with Gasteiger partial charge in [-0.15, -0.1) is 0 Å². The van der Waals surface area contributed by atoms with Gasteiger partial charge in [0.15, 0.2) is 6.10 Å². The molecule has 136 valence electrons. The summed E-state index contributed by atoms with van der Waals surface area (Å²) in [6.45, 7) is 8.46. The van der Waals surface area contributed by atoms with Crippen LogP contribution in [0.2, 0.25) is 0 Å². The number of aliphatic hydroxyl groups is 1. The first-order chi connectivity index (χ1) is 11.2. The van der Waals surface area contributed by atoms with E-state index >= 15 is 0 Å². The molecule has 6 heteroatoms. The van der Waals surface area contributed by atoms with Gasteiger partial charge in [0.2, 0.25) is 5.78 Å². The molecule has 0 aromatic rings. The molecule has 4 atom stereocenters. The molecule has 0 aromatic heterocycles. The SMILES string of the molecule is CC[C@H](C)CC(=O)O[C@@H]1C(=O)C(CO)=C[C@H](OC(C)=O)[C@@H]1C(C)C. The minimum absolute atomic E-state index is 0.0591. The van der Waals surface area contributed by atoms with Gasteiger partial charge < -0.3 is 14.6 Å². The maximum Gasteiger partial charge on any atom is 0.306 e. The number of ether oxygens (including phenoxy) is 2. The molecule has 1 N–H and O–H groups in total.